The van der Waals surface area contributed by atoms with Gasteiger partial charge in [0.15, 0.2) is 0 Å². The Morgan fingerprint density at radius 3 is 2.33 bits per heavy atom. The van der Waals surface area contributed by atoms with Gasteiger partial charge in [0.25, 0.3) is 0 Å². The van der Waals surface area contributed by atoms with Crippen LogP contribution in [0.1, 0.15) is 0 Å². The molecule has 0 fully saturated rings. The van der Waals surface area contributed by atoms with Crippen LogP contribution in [0.5, 0.6) is 0 Å². The molecule has 2 nitrogen and oxygen atoms in total. The number of hydrazine groups is 1. The largest absolute Gasteiger partial charge is 0.324 e. The predicted octanol–water partition coefficient (Wildman–Crippen LogP) is 2.78. The third-order valence-electron chi connectivity index (χ3n) is 2.21. The average molecular weight is 202 g/mol. The van der Waals surface area contributed by atoms with E-state index >= 15 is 0 Å². The predicted molar refractivity (Wildman–Crippen MR) is 59.6 cm³/mol. The van der Waals surface area contributed by atoms with Gasteiger partial charge in [0, 0.05) is 5.69 Å². The Morgan fingerprint density at radius 1 is 0.933 bits per heavy atom. The van der Waals surface area contributed by atoms with Crippen molar-refractivity contribution in [3.63, 3.8) is 0 Å². The third kappa shape index (κ3) is 2.14. The molecule has 0 aliphatic carbocycles. The minimum Gasteiger partial charge on any atom is -0.324 e. The van der Waals surface area contributed by atoms with Crippen molar-refractivity contribution in [3.8, 4) is 11.1 Å². The molecule has 0 bridgehead atoms. The molecule has 3 heteroatoms. The van der Waals surface area contributed by atoms with Gasteiger partial charge in [-0.3, -0.25) is 5.84 Å². The van der Waals surface area contributed by atoms with E-state index in [9.17, 15) is 4.39 Å². The molecule has 0 spiro atoms. The molecule has 0 amide bonds. The van der Waals surface area contributed by atoms with Crippen LogP contribution in [0, 0.1) is 5.82 Å². The van der Waals surface area contributed by atoms with E-state index in [1.165, 1.54) is 12.1 Å². The molecule has 0 aromatic heterocycles. The molecule has 15 heavy (non-hydrogen) atoms. The van der Waals surface area contributed by atoms with Crippen molar-refractivity contribution in [2.75, 3.05) is 5.43 Å². The molecule has 0 heterocycles. The Kier molecular flexibility index (Phi) is 2.65. The highest BCUT2D eigenvalue weighted by Gasteiger charge is 1.98. The molecule has 0 atom stereocenters. The van der Waals surface area contributed by atoms with Gasteiger partial charge in [0.1, 0.15) is 5.82 Å². The summed E-state index contributed by atoms with van der Waals surface area (Å²) in [4.78, 5) is 0. The molecular weight excluding hydrogens is 191 g/mol. The van der Waals surface area contributed by atoms with Crippen LogP contribution in [-0.2, 0) is 0 Å². The number of nitrogen functional groups attached to an aromatic ring is 1. The molecule has 76 valence electrons. The van der Waals surface area contributed by atoms with E-state index in [-0.39, 0.29) is 5.82 Å². The van der Waals surface area contributed by atoms with Gasteiger partial charge in [0.2, 0.25) is 0 Å². The second-order valence-corrected chi connectivity index (χ2v) is 3.23. The van der Waals surface area contributed by atoms with Crippen LogP contribution < -0.4 is 11.3 Å². The van der Waals surface area contributed by atoms with Crippen LogP contribution in [0.2, 0.25) is 0 Å². The van der Waals surface area contributed by atoms with Crippen LogP contribution in [0.15, 0.2) is 48.5 Å². The normalized spacial score (nSPS) is 10.0. The number of hydrogen-bond donors (Lipinski definition) is 2. The number of nitrogens with two attached hydrogens (primary N) is 1. The van der Waals surface area contributed by atoms with Crippen molar-refractivity contribution < 1.29 is 4.39 Å². The fourth-order valence-corrected chi connectivity index (χ4v) is 1.43. The number of benzene rings is 2. The summed E-state index contributed by atoms with van der Waals surface area (Å²) in [7, 11) is 0. The maximum atomic E-state index is 12.7. The maximum absolute atomic E-state index is 12.7. The summed E-state index contributed by atoms with van der Waals surface area (Å²) in [6, 6.07) is 14.0. The molecule has 2 aromatic rings. The second-order valence-electron chi connectivity index (χ2n) is 3.23. The van der Waals surface area contributed by atoms with Gasteiger partial charge in [-0.2, -0.15) is 0 Å². The highest BCUT2D eigenvalue weighted by atomic mass is 19.1. The quantitative estimate of drug-likeness (QED) is 0.580. The fourth-order valence-electron chi connectivity index (χ4n) is 1.43. The molecule has 0 saturated carbocycles. The number of hydrogen-bond acceptors (Lipinski definition) is 2. The van der Waals surface area contributed by atoms with Gasteiger partial charge in [0.05, 0.1) is 0 Å². The SMILES string of the molecule is NNc1cccc(-c2ccc(F)cc2)c1. The highest BCUT2D eigenvalue weighted by Crippen LogP contribution is 2.22. The van der Waals surface area contributed by atoms with E-state index < -0.39 is 0 Å². The zero-order chi connectivity index (χ0) is 10.7. The van der Waals surface area contributed by atoms with Crippen molar-refractivity contribution in [1.29, 1.82) is 0 Å². The Hall–Kier alpha value is -1.87. The van der Waals surface area contributed by atoms with E-state index in [4.69, 9.17) is 5.84 Å². The van der Waals surface area contributed by atoms with E-state index in [0.717, 1.165) is 16.8 Å². The minimum absolute atomic E-state index is 0.230. The zero-order valence-corrected chi connectivity index (χ0v) is 8.07. The monoisotopic (exact) mass is 202 g/mol. The fraction of sp³-hybridized carbons (Fsp3) is 0. The average Bonchev–Trinajstić information content (AvgIpc) is 2.30. The van der Waals surface area contributed by atoms with E-state index in [2.05, 4.69) is 5.43 Å². The van der Waals surface area contributed by atoms with Gasteiger partial charge in [-0.1, -0.05) is 24.3 Å². The molecule has 3 N–H and O–H groups in total. The first-order chi connectivity index (χ1) is 7.29. The summed E-state index contributed by atoms with van der Waals surface area (Å²) >= 11 is 0. The lowest BCUT2D eigenvalue weighted by Crippen LogP contribution is -2.06. The Labute approximate surface area is 87.5 Å². The number of halogens is 1. The minimum atomic E-state index is -0.230. The van der Waals surface area contributed by atoms with Crippen LogP contribution in [-0.4, -0.2) is 0 Å². The lowest BCUT2D eigenvalue weighted by atomic mass is 10.1. The van der Waals surface area contributed by atoms with Crippen molar-refractivity contribution in [2.24, 2.45) is 5.84 Å². The van der Waals surface area contributed by atoms with Crippen molar-refractivity contribution in [3.05, 3.63) is 54.3 Å². The lowest BCUT2D eigenvalue weighted by molar-refractivity contribution is 0.628. The zero-order valence-electron chi connectivity index (χ0n) is 8.07. The molecule has 0 aliphatic heterocycles. The summed E-state index contributed by atoms with van der Waals surface area (Å²) in [5.41, 5.74) is 5.38. The van der Waals surface area contributed by atoms with Gasteiger partial charge in [-0.15, -0.1) is 0 Å². The van der Waals surface area contributed by atoms with E-state index in [0.29, 0.717) is 0 Å². The lowest BCUT2D eigenvalue weighted by Gasteiger charge is -2.04. The Bertz CT molecular complexity index is 451. The van der Waals surface area contributed by atoms with Crippen molar-refractivity contribution >= 4 is 5.69 Å². The molecule has 0 unspecified atom stereocenters. The Balaban J connectivity index is 2.40. The molecular formula is C12H11FN2. The third-order valence-corrected chi connectivity index (χ3v) is 2.21. The first kappa shape index (κ1) is 9.68. The number of rotatable bonds is 2. The van der Waals surface area contributed by atoms with E-state index in [1.54, 1.807) is 12.1 Å². The molecule has 2 rings (SSSR count). The van der Waals surface area contributed by atoms with E-state index in [1.807, 2.05) is 24.3 Å². The van der Waals surface area contributed by atoms with Gasteiger partial charge >= 0.3 is 0 Å². The molecule has 0 saturated heterocycles. The summed E-state index contributed by atoms with van der Waals surface area (Å²) in [5.74, 6) is 5.08. The van der Waals surface area contributed by atoms with Crippen LogP contribution in [0.25, 0.3) is 11.1 Å². The molecule has 0 aliphatic rings. The topological polar surface area (TPSA) is 38.0 Å². The van der Waals surface area contributed by atoms with Crippen LogP contribution in [0.4, 0.5) is 10.1 Å². The number of nitrogens with one attached hydrogen (secondary N) is 1. The Morgan fingerprint density at radius 2 is 1.67 bits per heavy atom. The summed E-state index contributed by atoms with van der Waals surface area (Å²) in [6.45, 7) is 0. The summed E-state index contributed by atoms with van der Waals surface area (Å²) in [6.07, 6.45) is 0. The second kappa shape index (κ2) is 4.11. The highest BCUT2D eigenvalue weighted by molar-refractivity contribution is 5.67. The standard InChI is InChI=1S/C12H11FN2/c13-11-6-4-9(5-7-11)10-2-1-3-12(8-10)15-14/h1-8,15H,14H2. The maximum Gasteiger partial charge on any atom is 0.123 e. The van der Waals surface area contributed by atoms with Gasteiger partial charge < -0.3 is 5.43 Å². The smallest absolute Gasteiger partial charge is 0.123 e. The van der Waals surface area contributed by atoms with Crippen molar-refractivity contribution in [1.82, 2.24) is 0 Å². The molecule has 2 aromatic carbocycles. The van der Waals surface area contributed by atoms with Crippen molar-refractivity contribution in [2.45, 2.75) is 0 Å². The number of anilines is 1. The summed E-state index contributed by atoms with van der Waals surface area (Å²) in [5, 5.41) is 0. The summed E-state index contributed by atoms with van der Waals surface area (Å²) < 4.78 is 12.7. The van der Waals surface area contributed by atoms with Crippen LogP contribution >= 0.6 is 0 Å². The van der Waals surface area contributed by atoms with Gasteiger partial charge in [-0.25, -0.2) is 4.39 Å². The van der Waals surface area contributed by atoms with Gasteiger partial charge in [-0.05, 0) is 35.4 Å². The first-order valence-electron chi connectivity index (χ1n) is 4.62. The molecule has 0 radical (unpaired) electrons. The van der Waals surface area contributed by atoms with Crippen LogP contribution in [0.3, 0.4) is 0 Å². The first-order valence-corrected chi connectivity index (χ1v) is 4.62.